The van der Waals surface area contributed by atoms with Gasteiger partial charge in [0.25, 0.3) is 0 Å². The molecule has 0 aromatic rings. The summed E-state index contributed by atoms with van der Waals surface area (Å²) in [5, 5.41) is 0. The number of carbonyl (C=O) groups is 1. The normalized spacial score (nSPS) is 13.8. The third-order valence-corrected chi connectivity index (χ3v) is 1.38. The van der Waals surface area contributed by atoms with E-state index < -0.39 is 0 Å². The molecule has 0 aliphatic carbocycles. The van der Waals surface area contributed by atoms with Gasteiger partial charge < -0.3 is 4.79 Å². The zero-order chi connectivity index (χ0) is 7.82. The Balaban J connectivity index is 3.26. The van der Waals surface area contributed by atoms with Gasteiger partial charge in [0.05, 0.1) is 0 Å². The molecular formula is C9H16O. The van der Waals surface area contributed by atoms with Crippen LogP contribution in [-0.2, 0) is 4.79 Å². The molecule has 58 valence electrons. The third kappa shape index (κ3) is 5.54. The Bertz CT molecular complexity index is 105. The van der Waals surface area contributed by atoms with Crippen LogP contribution in [0.2, 0.25) is 0 Å². The predicted molar refractivity (Wildman–Crippen MR) is 43.9 cm³/mol. The number of aldehydes is 1. The quantitative estimate of drug-likeness (QED) is 0.326. The largest absolute Gasteiger partial charge is 0.303 e. The molecule has 1 heteroatoms. The smallest absolute Gasteiger partial charge is 0.126 e. The number of rotatable bonds is 5. The maximum Gasteiger partial charge on any atom is 0.126 e. The van der Waals surface area contributed by atoms with E-state index in [0.717, 1.165) is 12.7 Å². The van der Waals surface area contributed by atoms with Gasteiger partial charge in [0.15, 0.2) is 0 Å². The van der Waals surface area contributed by atoms with Crippen molar-refractivity contribution in [2.45, 2.75) is 33.1 Å². The van der Waals surface area contributed by atoms with Crippen LogP contribution in [0.1, 0.15) is 33.1 Å². The molecule has 0 amide bonds. The van der Waals surface area contributed by atoms with Crippen molar-refractivity contribution in [3.05, 3.63) is 12.2 Å². The number of allylic oxidation sites excluding steroid dienone is 2. The van der Waals surface area contributed by atoms with Crippen LogP contribution in [0.3, 0.4) is 0 Å². The first-order chi connectivity index (χ1) is 4.81. The molecule has 0 aliphatic rings. The lowest BCUT2D eigenvalue weighted by Crippen LogP contribution is -1.87. The topological polar surface area (TPSA) is 17.1 Å². The Kier molecular flexibility index (Phi) is 6.14. The van der Waals surface area contributed by atoms with Crippen LogP contribution in [0.4, 0.5) is 0 Å². The van der Waals surface area contributed by atoms with Crippen LogP contribution in [0.15, 0.2) is 12.2 Å². The van der Waals surface area contributed by atoms with Gasteiger partial charge in [-0.1, -0.05) is 38.8 Å². The van der Waals surface area contributed by atoms with E-state index in [0.29, 0.717) is 0 Å². The molecule has 0 saturated carbocycles. The average Bonchev–Trinajstić information content (AvgIpc) is 1.98. The molecule has 0 aliphatic heterocycles. The molecule has 0 aromatic carbocycles. The summed E-state index contributed by atoms with van der Waals surface area (Å²) < 4.78 is 0. The highest BCUT2D eigenvalue weighted by Crippen LogP contribution is 1.98. The number of hydrogen-bond donors (Lipinski definition) is 0. The van der Waals surface area contributed by atoms with Gasteiger partial charge in [-0.05, 0) is 6.42 Å². The van der Waals surface area contributed by atoms with E-state index in [2.05, 4.69) is 13.0 Å². The molecule has 0 spiro atoms. The second-order valence-electron chi connectivity index (χ2n) is 2.57. The van der Waals surface area contributed by atoms with E-state index in [1.54, 1.807) is 0 Å². The second kappa shape index (κ2) is 6.53. The highest BCUT2D eigenvalue weighted by molar-refractivity contribution is 5.55. The van der Waals surface area contributed by atoms with Crippen molar-refractivity contribution in [2.24, 2.45) is 5.92 Å². The van der Waals surface area contributed by atoms with Gasteiger partial charge in [-0.3, -0.25) is 0 Å². The molecule has 1 atom stereocenters. The molecule has 0 bridgehead atoms. The first kappa shape index (κ1) is 9.41. The summed E-state index contributed by atoms with van der Waals surface area (Å²) in [6, 6.07) is 0. The molecule has 0 aromatic heterocycles. The van der Waals surface area contributed by atoms with E-state index in [1.807, 2.05) is 13.0 Å². The fraction of sp³-hybridized carbons (Fsp3) is 0.667. The van der Waals surface area contributed by atoms with Gasteiger partial charge in [0.2, 0.25) is 0 Å². The second-order valence-corrected chi connectivity index (χ2v) is 2.57. The van der Waals surface area contributed by atoms with Crippen molar-refractivity contribution in [3.8, 4) is 0 Å². The SMILES string of the molecule is CCCC/C=C/C(C)C=O. The lowest BCUT2D eigenvalue weighted by Gasteiger charge is -1.91. The van der Waals surface area contributed by atoms with Gasteiger partial charge in [0.1, 0.15) is 6.29 Å². The zero-order valence-electron chi connectivity index (χ0n) is 6.84. The Labute approximate surface area is 63.1 Å². The van der Waals surface area contributed by atoms with Crippen molar-refractivity contribution in [1.29, 1.82) is 0 Å². The molecule has 0 N–H and O–H groups in total. The first-order valence-electron chi connectivity index (χ1n) is 3.93. The van der Waals surface area contributed by atoms with Crippen molar-refractivity contribution < 1.29 is 4.79 Å². The summed E-state index contributed by atoms with van der Waals surface area (Å²) in [7, 11) is 0. The summed E-state index contributed by atoms with van der Waals surface area (Å²) in [6.45, 7) is 4.06. The standard InChI is InChI=1S/C9H16O/c1-3-4-5-6-7-9(2)8-10/h6-9H,3-5H2,1-2H3/b7-6+. The predicted octanol–water partition coefficient (Wildman–Crippen LogP) is 2.57. The van der Waals surface area contributed by atoms with E-state index in [-0.39, 0.29) is 5.92 Å². The molecule has 10 heavy (non-hydrogen) atoms. The van der Waals surface area contributed by atoms with Crippen molar-refractivity contribution in [3.63, 3.8) is 0 Å². The highest BCUT2D eigenvalue weighted by atomic mass is 16.1. The van der Waals surface area contributed by atoms with E-state index >= 15 is 0 Å². The molecule has 0 heterocycles. The maximum absolute atomic E-state index is 10.1. The highest BCUT2D eigenvalue weighted by Gasteiger charge is 1.88. The van der Waals surface area contributed by atoms with Crippen LogP contribution < -0.4 is 0 Å². The summed E-state index contributed by atoms with van der Waals surface area (Å²) in [5.41, 5.74) is 0. The third-order valence-electron chi connectivity index (χ3n) is 1.38. The Morgan fingerprint density at radius 1 is 1.50 bits per heavy atom. The summed E-state index contributed by atoms with van der Waals surface area (Å²) >= 11 is 0. The number of carbonyl (C=O) groups excluding carboxylic acids is 1. The van der Waals surface area contributed by atoms with Crippen LogP contribution in [-0.4, -0.2) is 6.29 Å². The van der Waals surface area contributed by atoms with Gasteiger partial charge in [0, 0.05) is 5.92 Å². The zero-order valence-corrected chi connectivity index (χ0v) is 6.84. The summed E-state index contributed by atoms with van der Waals surface area (Å²) in [5.74, 6) is 0.0943. The number of unbranched alkanes of at least 4 members (excludes halogenated alkanes) is 2. The summed E-state index contributed by atoms with van der Waals surface area (Å²) in [6.07, 6.45) is 8.56. The van der Waals surface area contributed by atoms with E-state index in [1.165, 1.54) is 12.8 Å². The molecule has 0 saturated heterocycles. The fourth-order valence-electron chi connectivity index (χ4n) is 0.678. The lowest BCUT2D eigenvalue weighted by molar-refractivity contribution is -0.109. The number of hydrogen-bond acceptors (Lipinski definition) is 1. The van der Waals surface area contributed by atoms with Crippen LogP contribution in [0, 0.1) is 5.92 Å². The van der Waals surface area contributed by atoms with Gasteiger partial charge >= 0.3 is 0 Å². The van der Waals surface area contributed by atoms with Crippen molar-refractivity contribution in [1.82, 2.24) is 0 Å². The van der Waals surface area contributed by atoms with Gasteiger partial charge in [-0.2, -0.15) is 0 Å². The maximum atomic E-state index is 10.1. The molecule has 1 nitrogen and oxygen atoms in total. The molecule has 0 rings (SSSR count). The molecule has 0 fully saturated rings. The van der Waals surface area contributed by atoms with E-state index in [4.69, 9.17) is 0 Å². The Hall–Kier alpha value is -0.590. The molecule has 1 unspecified atom stereocenters. The average molecular weight is 140 g/mol. The molecule has 0 radical (unpaired) electrons. The Morgan fingerprint density at radius 3 is 2.70 bits per heavy atom. The van der Waals surface area contributed by atoms with E-state index in [9.17, 15) is 4.79 Å². The Morgan fingerprint density at radius 2 is 2.20 bits per heavy atom. The van der Waals surface area contributed by atoms with Crippen LogP contribution in [0.5, 0.6) is 0 Å². The van der Waals surface area contributed by atoms with Crippen molar-refractivity contribution in [2.75, 3.05) is 0 Å². The monoisotopic (exact) mass is 140 g/mol. The fourth-order valence-corrected chi connectivity index (χ4v) is 0.678. The summed E-state index contributed by atoms with van der Waals surface area (Å²) in [4.78, 5) is 10.1. The van der Waals surface area contributed by atoms with Crippen LogP contribution in [0.25, 0.3) is 0 Å². The minimum Gasteiger partial charge on any atom is -0.303 e. The minimum atomic E-state index is 0.0943. The molecular weight excluding hydrogens is 124 g/mol. The minimum absolute atomic E-state index is 0.0943. The van der Waals surface area contributed by atoms with Gasteiger partial charge in [-0.15, -0.1) is 0 Å². The first-order valence-corrected chi connectivity index (χ1v) is 3.93. The van der Waals surface area contributed by atoms with Gasteiger partial charge in [-0.25, -0.2) is 0 Å². The lowest BCUT2D eigenvalue weighted by atomic mass is 10.1. The van der Waals surface area contributed by atoms with Crippen LogP contribution >= 0.6 is 0 Å². The van der Waals surface area contributed by atoms with Crippen molar-refractivity contribution >= 4 is 6.29 Å².